The molecule has 28 heavy (non-hydrogen) atoms. The number of hydrogen-bond donors (Lipinski definition) is 0. The van der Waals surface area contributed by atoms with Crippen molar-refractivity contribution in [2.45, 2.75) is 71.6 Å². The summed E-state index contributed by atoms with van der Waals surface area (Å²) in [6, 6.07) is 20.6. The molecule has 0 radical (unpaired) electrons. The SMILES string of the molecule is CCCCCCC(=Nc1ccccc1)C(CCCCC)=Nc1ccccc1.[Pd]. The molecule has 0 N–H and O–H groups in total. The van der Waals surface area contributed by atoms with Crippen LogP contribution in [-0.2, 0) is 20.4 Å². The number of para-hydroxylation sites is 2. The Bertz CT molecular complexity index is 693. The Balaban J connectivity index is 0.00000392. The molecule has 0 aromatic heterocycles. The van der Waals surface area contributed by atoms with Crippen LogP contribution in [0, 0.1) is 0 Å². The second-order valence-corrected chi connectivity index (χ2v) is 7.06. The number of nitrogens with zero attached hydrogens (tertiary/aromatic N) is 2. The van der Waals surface area contributed by atoms with Crippen LogP contribution >= 0.6 is 0 Å². The van der Waals surface area contributed by atoms with Gasteiger partial charge in [0.1, 0.15) is 0 Å². The molecule has 0 heterocycles. The number of hydrogen-bond acceptors (Lipinski definition) is 2. The normalized spacial score (nSPS) is 11.9. The Morgan fingerprint density at radius 2 is 0.964 bits per heavy atom. The molecule has 0 atom stereocenters. The van der Waals surface area contributed by atoms with E-state index >= 15 is 0 Å². The van der Waals surface area contributed by atoms with Gasteiger partial charge in [0.05, 0.1) is 22.8 Å². The molecule has 2 nitrogen and oxygen atoms in total. The predicted octanol–water partition coefficient (Wildman–Crippen LogP) is 8.08. The van der Waals surface area contributed by atoms with Gasteiger partial charge in [-0.1, -0.05) is 82.3 Å². The second kappa shape index (κ2) is 15.4. The molecule has 0 bridgehead atoms. The van der Waals surface area contributed by atoms with Crippen molar-refractivity contribution in [3.05, 3.63) is 60.7 Å². The summed E-state index contributed by atoms with van der Waals surface area (Å²) in [6.07, 6.45) is 10.6. The molecule has 0 aliphatic rings. The van der Waals surface area contributed by atoms with Gasteiger partial charge in [-0.15, -0.1) is 0 Å². The molecule has 2 aromatic rings. The monoisotopic (exact) mass is 468 g/mol. The third kappa shape index (κ3) is 9.58. The molecule has 0 amide bonds. The molecule has 2 aromatic carbocycles. The maximum Gasteiger partial charge on any atom is 0.0633 e. The molecule has 3 heteroatoms. The first-order valence-electron chi connectivity index (χ1n) is 10.6. The van der Waals surface area contributed by atoms with E-state index in [9.17, 15) is 0 Å². The number of aliphatic imine (C=N–C) groups is 2. The van der Waals surface area contributed by atoms with Crippen LogP contribution in [0.25, 0.3) is 0 Å². The largest absolute Gasteiger partial charge is 0.252 e. The van der Waals surface area contributed by atoms with Crippen LogP contribution in [-0.4, -0.2) is 11.4 Å². The fourth-order valence-electron chi connectivity index (χ4n) is 3.11. The van der Waals surface area contributed by atoms with Crippen molar-refractivity contribution in [3.63, 3.8) is 0 Å². The standard InChI is InChI=1S/C25H34N2.Pd/c1-3-5-7-15-21-25(27-23-18-13-9-14-19-23)24(20-10-6-4-2)26-22-16-11-8-12-17-22;/h8-9,11-14,16-19H,3-7,10,15,20-21H2,1-2H3;. The molecule has 0 aliphatic carbocycles. The Kier molecular flexibility index (Phi) is 13.4. The molecule has 2 rings (SSSR count). The van der Waals surface area contributed by atoms with Crippen molar-refractivity contribution in [3.8, 4) is 0 Å². The van der Waals surface area contributed by atoms with E-state index in [1.807, 2.05) is 12.1 Å². The van der Waals surface area contributed by atoms with E-state index in [1.54, 1.807) is 0 Å². The molecule has 154 valence electrons. The third-order valence-corrected chi connectivity index (χ3v) is 4.66. The van der Waals surface area contributed by atoms with Gasteiger partial charge < -0.3 is 0 Å². The van der Waals surface area contributed by atoms with Gasteiger partial charge in [0, 0.05) is 20.4 Å². The number of benzene rings is 2. The Labute approximate surface area is 185 Å². The van der Waals surface area contributed by atoms with E-state index in [0.29, 0.717) is 0 Å². The van der Waals surface area contributed by atoms with E-state index in [0.717, 1.165) is 35.6 Å². The van der Waals surface area contributed by atoms with Crippen LogP contribution in [0.3, 0.4) is 0 Å². The summed E-state index contributed by atoms with van der Waals surface area (Å²) in [6.45, 7) is 4.50. The van der Waals surface area contributed by atoms with Gasteiger partial charge in [0.2, 0.25) is 0 Å². The minimum atomic E-state index is 0. The first-order chi connectivity index (χ1) is 13.3. The van der Waals surface area contributed by atoms with Gasteiger partial charge in [-0.3, -0.25) is 9.98 Å². The van der Waals surface area contributed by atoms with Gasteiger partial charge in [-0.2, -0.15) is 0 Å². The molecule has 0 fully saturated rings. The predicted molar refractivity (Wildman–Crippen MR) is 120 cm³/mol. The van der Waals surface area contributed by atoms with Gasteiger partial charge in [-0.25, -0.2) is 0 Å². The first kappa shape index (κ1) is 24.5. The summed E-state index contributed by atoms with van der Waals surface area (Å²) in [5.74, 6) is 0. The zero-order valence-corrected chi connectivity index (χ0v) is 18.9. The van der Waals surface area contributed by atoms with Crippen LogP contribution < -0.4 is 0 Å². The molecule has 0 spiro atoms. The molecule has 0 saturated heterocycles. The fourth-order valence-corrected chi connectivity index (χ4v) is 3.11. The maximum absolute atomic E-state index is 5.02. The summed E-state index contributed by atoms with van der Waals surface area (Å²) in [4.78, 5) is 10.0. The summed E-state index contributed by atoms with van der Waals surface area (Å²) < 4.78 is 0. The summed E-state index contributed by atoms with van der Waals surface area (Å²) in [5, 5.41) is 0. The second-order valence-electron chi connectivity index (χ2n) is 7.06. The van der Waals surface area contributed by atoms with E-state index in [1.165, 1.54) is 44.9 Å². The topological polar surface area (TPSA) is 24.7 Å². The zero-order valence-electron chi connectivity index (χ0n) is 17.3. The van der Waals surface area contributed by atoms with Crippen LogP contribution in [0.4, 0.5) is 11.4 Å². The van der Waals surface area contributed by atoms with Crippen LogP contribution in [0.1, 0.15) is 71.6 Å². The molecule has 0 aliphatic heterocycles. The maximum atomic E-state index is 5.02. The van der Waals surface area contributed by atoms with Crippen molar-refractivity contribution < 1.29 is 20.4 Å². The van der Waals surface area contributed by atoms with Crippen molar-refractivity contribution >= 4 is 22.8 Å². The minimum Gasteiger partial charge on any atom is -0.252 e. The Morgan fingerprint density at radius 3 is 1.39 bits per heavy atom. The van der Waals surface area contributed by atoms with E-state index < -0.39 is 0 Å². The number of rotatable bonds is 12. The number of unbranched alkanes of at least 4 members (excludes halogenated alkanes) is 5. The Hall–Kier alpha value is -1.56. The zero-order chi connectivity index (χ0) is 19.2. The average Bonchev–Trinajstić information content (AvgIpc) is 2.71. The van der Waals surface area contributed by atoms with Gasteiger partial charge >= 0.3 is 0 Å². The first-order valence-corrected chi connectivity index (χ1v) is 10.6. The summed E-state index contributed by atoms with van der Waals surface area (Å²) in [5.41, 5.74) is 4.38. The van der Waals surface area contributed by atoms with Crippen molar-refractivity contribution in [2.75, 3.05) is 0 Å². The van der Waals surface area contributed by atoms with Crippen LogP contribution in [0.15, 0.2) is 70.6 Å². The van der Waals surface area contributed by atoms with E-state index in [2.05, 4.69) is 62.4 Å². The van der Waals surface area contributed by atoms with Crippen LogP contribution in [0.5, 0.6) is 0 Å². The van der Waals surface area contributed by atoms with Crippen molar-refractivity contribution in [1.29, 1.82) is 0 Å². The van der Waals surface area contributed by atoms with E-state index in [4.69, 9.17) is 9.98 Å². The summed E-state index contributed by atoms with van der Waals surface area (Å²) in [7, 11) is 0. The average molecular weight is 469 g/mol. The Morgan fingerprint density at radius 1 is 0.571 bits per heavy atom. The quantitative estimate of drug-likeness (QED) is 0.171. The summed E-state index contributed by atoms with van der Waals surface area (Å²) >= 11 is 0. The van der Waals surface area contributed by atoms with Crippen molar-refractivity contribution in [1.82, 2.24) is 0 Å². The third-order valence-electron chi connectivity index (χ3n) is 4.66. The van der Waals surface area contributed by atoms with Gasteiger partial charge in [-0.05, 0) is 49.9 Å². The van der Waals surface area contributed by atoms with Gasteiger partial charge in [0.15, 0.2) is 0 Å². The molecule has 0 unspecified atom stereocenters. The van der Waals surface area contributed by atoms with Gasteiger partial charge in [0.25, 0.3) is 0 Å². The van der Waals surface area contributed by atoms with Crippen LogP contribution in [0.2, 0.25) is 0 Å². The fraction of sp³-hybridized carbons (Fsp3) is 0.440. The van der Waals surface area contributed by atoms with E-state index in [-0.39, 0.29) is 20.4 Å². The molecular formula is C25H34N2Pd. The minimum absolute atomic E-state index is 0. The molecule has 0 saturated carbocycles. The molecular weight excluding hydrogens is 435 g/mol. The smallest absolute Gasteiger partial charge is 0.0633 e. The van der Waals surface area contributed by atoms with Crippen molar-refractivity contribution in [2.24, 2.45) is 9.98 Å².